The molecule has 1 aromatic heterocycles. The zero-order valence-corrected chi connectivity index (χ0v) is 11.9. The number of anilines is 1. The summed E-state index contributed by atoms with van der Waals surface area (Å²) >= 11 is 0. The standard InChI is InChI=1S/C13H20N4O3/c1-13(2,16-6-8-20-9-7-16)10-15-12-11(17(18)19)4-3-5-14-12/h3-5H,6-10H2,1-2H3,(H,14,15)/p+2. The van der Waals surface area contributed by atoms with Gasteiger partial charge >= 0.3 is 11.5 Å². The Bertz CT molecular complexity index is 472. The maximum atomic E-state index is 11.0. The average Bonchev–Trinajstić information content (AvgIpc) is 2.46. The van der Waals surface area contributed by atoms with Gasteiger partial charge in [0, 0.05) is 6.07 Å². The maximum Gasteiger partial charge on any atom is 0.357 e. The molecule has 7 heteroatoms. The van der Waals surface area contributed by atoms with Crippen molar-refractivity contribution in [2.45, 2.75) is 19.4 Å². The van der Waals surface area contributed by atoms with E-state index < -0.39 is 0 Å². The first kappa shape index (κ1) is 14.7. The number of hydrogen-bond donors (Lipinski definition) is 2. The summed E-state index contributed by atoms with van der Waals surface area (Å²) in [5.41, 5.74) is 0.0571. The first-order valence-electron chi connectivity index (χ1n) is 6.82. The van der Waals surface area contributed by atoms with Crippen molar-refractivity contribution in [1.82, 2.24) is 0 Å². The Balaban J connectivity index is 2.02. The molecule has 1 aliphatic heterocycles. The number of rotatable bonds is 5. The molecule has 110 valence electrons. The summed E-state index contributed by atoms with van der Waals surface area (Å²) in [6.45, 7) is 8.46. The number of hydrogen-bond acceptors (Lipinski definition) is 4. The number of morpholine rings is 1. The number of pyridine rings is 1. The molecule has 1 fully saturated rings. The highest BCUT2D eigenvalue weighted by molar-refractivity contribution is 5.50. The van der Waals surface area contributed by atoms with Crippen molar-refractivity contribution in [3.05, 3.63) is 28.4 Å². The molecule has 0 amide bonds. The smallest absolute Gasteiger partial charge is 0.357 e. The molecule has 0 spiro atoms. The summed E-state index contributed by atoms with van der Waals surface area (Å²) in [5.74, 6) is 0.457. The van der Waals surface area contributed by atoms with Gasteiger partial charge in [0.1, 0.15) is 25.2 Å². The third-order valence-corrected chi connectivity index (χ3v) is 3.79. The number of H-pyrrole nitrogens is 1. The molecule has 0 unspecified atom stereocenters. The van der Waals surface area contributed by atoms with E-state index >= 15 is 0 Å². The van der Waals surface area contributed by atoms with Crippen molar-refractivity contribution in [3.63, 3.8) is 0 Å². The van der Waals surface area contributed by atoms with Crippen LogP contribution in [0.3, 0.4) is 0 Å². The van der Waals surface area contributed by atoms with E-state index in [0.29, 0.717) is 12.4 Å². The molecule has 0 aliphatic carbocycles. The van der Waals surface area contributed by atoms with E-state index in [1.54, 1.807) is 12.3 Å². The molecular weight excluding hydrogens is 260 g/mol. The Morgan fingerprint density at radius 3 is 2.85 bits per heavy atom. The largest absolute Gasteiger partial charge is 0.370 e. The van der Waals surface area contributed by atoms with Crippen LogP contribution in [0.5, 0.6) is 0 Å². The number of quaternary nitrogens is 1. The molecule has 0 saturated carbocycles. The van der Waals surface area contributed by atoms with Crippen LogP contribution < -0.4 is 15.2 Å². The topological polar surface area (TPSA) is 83.0 Å². The second-order valence-corrected chi connectivity index (χ2v) is 5.64. The van der Waals surface area contributed by atoms with Crippen LogP contribution in [0.4, 0.5) is 11.5 Å². The number of aromatic amines is 1. The van der Waals surface area contributed by atoms with Crippen molar-refractivity contribution in [2.24, 2.45) is 0 Å². The van der Waals surface area contributed by atoms with Crippen LogP contribution >= 0.6 is 0 Å². The number of nitrogens with one attached hydrogen (secondary N) is 3. The summed E-state index contributed by atoms with van der Waals surface area (Å²) < 4.78 is 5.37. The first-order chi connectivity index (χ1) is 9.50. The summed E-state index contributed by atoms with van der Waals surface area (Å²) in [7, 11) is 0. The highest BCUT2D eigenvalue weighted by Crippen LogP contribution is 2.17. The Morgan fingerprint density at radius 2 is 2.20 bits per heavy atom. The molecule has 7 nitrogen and oxygen atoms in total. The molecule has 0 atom stereocenters. The van der Waals surface area contributed by atoms with Crippen LogP contribution in [0.15, 0.2) is 18.3 Å². The molecule has 1 aliphatic rings. The minimum atomic E-state index is -0.382. The minimum Gasteiger partial charge on any atom is -0.370 e. The third kappa shape index (κ3) is 3.43. The fraction of sp³-hybridized carbons (Fsp3) is 0.615. The molecule has 2 heterocycles. The van der Waals surface area contributed by atoms with E-state index in [0.717, 1.165) is 26.3 Å². The Kier molecular flexibility index (Phi) is 4.51. The van der Waals surface area contributed by atoms with Gasteiger partial charge in [0.05, 0.1) is 24.3 Å². The molecule has 0 bridgehead atoms. The molecule has 0 radical (unpaired) electrons. The zero-order valence-electron chi connectivity index (χ0n) is 11.9. The number of nitro groups is 1. The van der Waals surface area contributed by atoms with Crippen molar-refractivity contribution in [2.75, 3.05) is 38.2 Å². The Hall–Kier alpha value is -1.73. The van der Waals surface area contributed by atoms with Gasteiger partial charge < -0.3 is 9.64 Å². The Morgan fingerprint density at radius 1 is 1.50 bits per heavy atom. The number of aromatic nitrogens is 1. The minimum absolute atomic E-state index is 0.0126. The van der Waals surface area contributed by atoms with E-state index in [9.17, 15) is 10.1 Å². The van der Waals surface area contributed by atoms with E-state index in [4.69, 9.17) is 4.74 Å². The van der Waals surface area contributed by atoms with Gasteiger partial charge in [-0.05, 0) is 19.9 Å². The summed E-state index contributed by atoms with van der Waals surface area (Å²) in [4.78, 5) is 15.0. The second-order valence-electron chi connectivity index (χ2n) is 5.64. The highest BCUT2D eigenvalue weighted by atomic mass is 16.6. The van der Waals surface area contributed by atoms with Crippen molar-refractivity contribution < 1.29 is 19.5 Å². The molecule has 2 rings (SSSR count). The lowest BCUT2D eigenvalue weighted by molar-refractivity contribution is -0.953. The van der Waals surface area contributed by atoms with Gasteiger partial charge in [0.15, 0.2) is 0 Å². The van der Waals surface area contributed by atoms with Gasteiger partial charge in [-0.25, -0.2) is 4.98 Å². The Labute approximate surface area is 118 Å². The van der Waals surface area contributed by atoms with Gasteiger partial charge in [0.2, 0.25) is 0 Å². The monoisotopic (exact) mass is 282 g/mol. The normalized spacial score (nSPS) is 16.9. The summed E-state index contributed by atoms with van der Waals surface area (Å²) in [6.07, 6.45) is 1.68. The van der Waals surface area contributed by atoms with Crippen LogP contribution in [0.2, 0.25) is 0 Å². The molecule has 0 aromatic carbocycles. The third-order valence-electron chi connectivity index (χ3n) is 3.79. The highest BCUT2D eigenvalue weighted by Gasteiger charge is 2.35. The molecule has 1 aromatic rings. The van der Waals surface area contributed by atoms with Crippen LogP contribution in [-0.2, 0) is 4.74 Å². The van der Waals surface area contributed by atoms with Gasteiger partial charge in [-0.15, -0.1) is 0 Å². The lowest BCUT2D eigenvalue weighted by Crippen LogP contribution is -3.21. The van der Waals surface area contributed by atoms with Gasteiger partial charge in [0.25, 0.3) is 0 Å². The molecule has 1 saturated heterocycles. The van der Waals surface area contributed by atoms with E-state index in [1.165, 1.54) is 11.0 Å². The number of ether oxygens (including phenoxy) is 1. The maximum absolute atomic E-state index is 11.0. The van der Waals surface area contributed by atoms with E-state index in [1.807, 2.05) is 0 Å². The molecule has 20 heavy (non-hydrogen) atoms. The van der Waals surface area contributed by atoms with Crippen LogP contribution in [0, 0.1) is 10.1 Å². The summed E-state index contributed by atoms with van der Waals surface area (Å²) in [5, 5.41) is 14.1. The lowest BCUT2D eigenvalue weighted by atomic mass is 10.0. The van der Waals surface area contributed by atoms with Gasteiger partial charge in [-0.1, -0.05) is 0 Å². The summed E-state index contributed by atoms with van der Waals surface area (Å²) in [6, 6.07) is 3.12. The molecule has 3 N–H and O–H groups in total. The van der Waals surface area contributed by atoms with Gasteiger partial charge in [-0.2, -0.15) is 0 Å². The molecular formula is C13H22N4O3+2. The fourth-order valence-electron chi connectivity index (χ4n) is 2.45. The van der Waals surface area contributed by atoms with Crippen LogP contribution in [-0.4, -0.2) is 43.3 Å². The fourth-order valence-corrected chi connectivity index (χ4v) is 2.45. The van der Waals surface area contributed by atoms with Crippen molar-refractivity contribution in [1.29, 1.82) is 0 Å². The first-order valence-corrected chi connectivity index (χ1v) is 6.82. The zero-order chi connectivity index (χ0) is 14.6. The second kappa shape index (κ2) is 6.15. The van der Waals surface area contributed by atoms with Crippen molar-refractivity contribution >= 4 is 11.5 Å². The average molecular weight is 282 g/mol. The lowest BCUT2D eigenvalue weighted by Gasteiger charge is -2.36. The SMILES string of the molecule is CC(C)(CNc1[nH+]cccc1[N+](=O)[O-])[NH+]1CCOCC1. The van der Waals surface area contributed by atoms with Gasteiger partial charge in [-0.3, -0.25) is 15.4 Å². The van der Waals surface area contributed by atoms with Crippen LogP contribution in [0.1, 0.15) is 13.8 Å². The van der Waals surface area contributed by atoms with E-state index in [2.05, 4.69) is 24.1 Å². The predicted octanol–water partition coefficient (Wildman–Crippen LogP) is -0.485. The van der Waals surface area contributed by atoms with Crippen LogP contribution in [0.25, 0.3) is 0 Å². The quantitative estimate of drug-likeness (QED) is 0.564. The van der Waals surface area contributed by atoms with Crippen molar-refractivity contribution in [3.8, 4) is 0 Å². The predicted molar refractivity (Wildman–Crippen MR) is 73.7 cm³/mol. The van der Waals surface area contributed by atoms with E-state index in [-0.39, 0.29) is 16.1 Å². The number of nitrogens with zero attached hydrogens (tertiary/aromatic N) is 1.